The van der Waals surface area contributed by atoms with E-state index in [0.29, 0.717) is 16.6 Å². The van der Waals surface area contributed by atoms with Gasteiger partial charge < -0.3 is 9.31 Å². The fourth-order valence-corrected chi connectivity index (χ4v) is 3.24. The van der Waals surface area contributed by atoms with Crippen molar-refractivity contribution in [2.75, 3.05) is 5.75 Å². The number of benzene rings is 1. The zero-order chi connectivity index (χ0) is 17.5. The molecule has 0 unspecified atom stereocenters. The van der Waals surface area contributed by atoms with E-state index in [-0.39, 0.29) is 11.5 Å². The Bertz CT molecular complexity index is 693. The molecule has 7 heteroatoms. The van der Waals surface area contributed by atoms with Crippen LogP contribution in [-0.2, 0) is 24.9 Å². The Kier molecular flexibility index (Phi) is 4.77. The predicted octanol–water partition coefficient (Wildman–Crippen LogP) is 1.73. The summed E-state index contributed by atoms with van der Waals surface area (Å²) >= 11 is 0. The van der Waals surface area contributed by atoms with E-state index in [4.69, 9.17) is 9.31 Å². The summed E-state index contributed by atoms with van der Waals surface area (Å²) < 4.78 is 35.6. The molecule has 0 amide bonds. The minimum absolute atomic E-state index is 0.0604. The molecule has 1 aliphatic heterocycles. The minimum Gasteiger partial charge on any atom is -0.399 e. The number of sulfone groups is 1. The number of hydrogen-bond acceptors (Lipinski definition) is 5. The van der Waals surface area contributed by atoms with Crippen LogP contribution in [0, 0.1) is 0 Å². The van der Waals surface area contributed by atoms with E-state index in [1.807, 2.05) is 27.7 Å². The molecule has 0 bridgehead atoms. The largest absolute Gasteiger partial charge is 0.495 e. The molecule has 1 aliphatic rings. The second kappa shape index (κ2) is 6.04. The van der Waals surface area contributed by atoms with Gasteiger partial charge in [-0.05, 0) is 38.7 Å². The molecule has 0 atom stereocenters. The van der Waals surface area contributed by atoms with Crippen molar-refractivity contribution in [1.82, 2.24) is 0 Å². The molecular formula is C16H23BO5S. The van der Waals surface area contributed by atoms with E-state index in [2.05, 4.69) is 0 Å². The molecule has 0 saturated carbocycles. The third-order valence-corrected chi connectivity index (χ3v) is 6.26. The molecule has 0 aliphatic carbocycles. The molecule has 1 aromatic rings. The average molecular weight is 338 g/mol. The maximum absolute atomic E-state index is 11.8. The first kappa shape index (κ1) is 18.2. The second-order valence-corrected chi connectivity index (χ2v) is 9.20. The summed E-state index contributed by atoms with van der Waals surface area (Å²) in [4.78, 5) is 11.3. The van der Waals surface area contributed by atoms with E-state index >= 15 is 0 Å². The average Bonchev–Trinajstić information content (AvgIpc) is 2.67. The normalized spacial score (nSPS) is 19.8. The zero-order valence-electron chi connectivity index (χ0n) is 14.3. The lowest BCUT2D eigenvalue weighted by Crippen LogP contribution is -2.41. The first-order valence-electron chi connectivity index (χ1n) is 7.65. The Labute approximate surface area is 138 Å². The van der Waals surface area contributed by atoms with Crippen LogP contribution in [0.5, 0.6) is 0 Å². The van der Waals surface area contributed by atoms with Crippen LogP contribution in [0.15, 0.2) is 18.2 Å². The highest BCUT2D eigenvalue weighted by molar-refractivity contribution is 7.90. The summed E-state index contributed by atoms with van der Waals surface area (Å²) in [6.07, 6.45) is 0.735. The molecular weight excluding hydrogens is 315 g/mol. The van der Waals surface area contributed by atoms with E-state index in [1.165, 1.54) is 0 Å². The highest BCUT2D eigenvalue weighted by Crippen LogP contribution is 2.36. The molecule has 0 radical (unpaired) electrons. The topological polar surface area (TPSA) is 69.7 Å². The quantitative estimate of drug-likeness (QED) is 0.604. The Morgan fingerprint density at radius 3 is 2.17 bits per heavy atom. The first-order valence-corrected chi connectivity index (χ1v) is 9.47. The van der Waals surface area contributed by atoms with Gasteiger partial charge in [-0.3, -0.25) is 4.79 Å². The van der Waals surface area contributed by atoms with Crippen LogP contribution in [0.25, 0.3) is 0 Å². The van der Waals surface area contributed by atoms with E-state index < -0.39 is 28.2 Å². The van der Waals surface area contributed by atoms with Crippen LogP contribution in [0.1, 0.15) is 50.5 Å². The molecule has 126 valence electrons. The van der Waals surface area contributed by atoms with Gasteiger partial charge in [-0.2, -0.15) is 0 Å². The van der Waals surface area contributed by atoms with E-state index in [0.717, 1.165) is 6.29 Å². The van der Waals surface area contributed by atoms with Crippen molar-refractivity contribution in [2.45, 2.75) is 51.6 Å². The fraction of sp³-hybridized carbons (Fsp3) is 0.562. The van der Waals surface area contributed by atoms with Crippen molar-refractivity contribution < 1.29 is 22.5 Å². The summed E-state index contributed by atoms with van der Waals surface area (Å²) in [6, 6.07) is 4.97. The molecule has 2 rings (SSSR count). The van der Waals surface area contributed by atoms with Gasteiger partial charge in [0.2, 0.25) is 0 Å². The van der Waals surface area contributed by atoms with Crippen LogP contribution < -0.4 is 5.46 Å². The summed E-state index contributed by atoms with van der Waals surface area (Å²) in [7, 11) is -3.84. The van der Waals surface area contributed by atoms with Gasteiger partial charge >= 0.3 is 7.12 Å². The number of carbonyl (C=O) groups excluding carboxylic acids is 1. The summed E-state index contributed by atoms with van der Waals surface area (Å²) in [6.45, 7) is 9.33. The van der Waals surface area contributed by atoms with Gasteiger partial charge in [-0.25, -0.2) is 8.42 Å². The third kappa shape index (κ3) is 3.67. The SMILES string of the molecule is CCS(=O)(=O)Cc1ccc(C=O)c(B2OC(C)(C)C(C)(C)O2)c1. The molecule has 1 fully saturated rings. The maximum atomic E-state index is 11.8. The van der Waals surface area contributed by atoms with Gasteiger partial charge in [-0.15, -0.1) is 0 Å². The van der Waals surface area contributed by atoms with Gasteiger partial charge in [0.25, 0.3) is 0 Å². The molecule has 1 saturated heterocycles. The number of rotatable bonds is 5. The van der Waals surface area contributed by atoms with Gasteiger partial charge in [0.05, 0.1) is 17.0 Å². The van der Waals surface area contributed by atoms with Gasteiger partial charge in [-0.1, -0.05) is 25.1 Å². The van der Waals surface area contributed by atoms with Crippen LogP contribution in [0.3, 0.4) is 0 Å². The van der Waals surface area contributed by atoms with Crippen molar-refractivity contribution in [3.63, 3.8) is 0 Å². The fourth-order valence-electron chi connectivity index (χ4n) is 2.35. The van der Waals surface area contributed by atoms with E-state index in [9.17, 15) is 13.2 Å². The predicted molar refractivity (Wildman–Crippen MR) is 90.7 cm³/mol. The second-order valence-electron chi connectivity index (χ2n) is 6.85. The Morgan fingerprint density at radius 2 is 1.70 bits per heavy atom. The van der Waals surface area contributed by atoms with Crippen molar-refractivity contribution >= 4 is 28.7 Å². The first-order chi connectivity index (χ1) is 10.5. The summed E-state index contributed by atoms with van der Waals surface area (Å²) in [5.41, 5.74) is 0.595. The monoisotopic (exact) mass is 338 g/mol. The molecule has 5 nitrogen and oxygen atoms in total. The van der Waals surface area contributed by atoms with Crippen molar-refractivity contribution in [3.05, 3.63) is 29.3 Å². The molecule has 0 spiro atoms. The molecule has 1 aromatic carbocycles. The summed E-state index contributed by atoms with van der Waals surface area (Å²) in [5.74, 6) is 0.0173. The molecule has 23 heavy (non-hydrogen) atoms. The number of aldehydes is 1. The smallest absolute Gasteiger partial charge is 0.399 e. The standard InChI is InChI=1S/C16H23BO5S/c1-6-23(19,20)11-12-7-8-13(10-18)14(9-12)17-21-15(2,3)16(4,5)22-17/h7-10H,6,11H2,1-5H3. The number of carbonyl (C=O) groups is 1. The Hall–Kier alpha value is -1.18. The van der Waals surface area contributed by atoms with Crippen molar-refractivity contribution in [3.8, 4) is 0 Å². The van der Waals surface area contributed by atoms with Gasteiger partial charge in [0.15, 0.2) is 9.84 Å². The lowest BCUT2D eigenvalue weighted by Gasteiger charge is -2.32. The van der Waals surface area contributed by atoms with Crippen LogP contribution in [0.2, 0.25) is 0 Å². The third-order valence-electron chi connectivity index (χ3n) is 4.61. The highest BCUT2D eigenvalue weighted by atomic mass is 32.2. The number of hydrogen-bond donors (Lipinski definition) is 0. The molecule has 1 heterocycles. The Morgan fingerprint density at radius 1 is 1.13 bits per heavy atom. The summed E-state index contributed by atoms with van der Waals surface area (Å²) in [5, 5.41) is 0. The van der Waals surface area contributed by atoms with Crippen LogP contribution in [-0.4, -0.2) is 38.8 Å². The van der Waals surface area contributed by atoms with Crippen LogP contribution in [0.4, 0.5) is 0 Å². The van der Waals surface area contributed by atoms with Crippen molar-refractivity contribution in [2.24, 2.45) is 0 Å². The highest BCUT2D eigenvalue weighted by Gasteiger charge is 2.52. The molecule has 0 N–H and O–H groups in total. The maximum Gasteiger partial charge on any atom is 0.495 e. The van der Waals surface area contributed by atoms with E-state index in [1.54, 1.807) is 25.1 Å². The van der Waals surface area contributed by atoms with Crippen LogP contribution >= 0.6 is 0 Å². The molecule has 0 aromatic heterocycles. The van der Waals surface area contributed by atoms with Gasteiger partial charge in [0, 0.05) is 11.3 Å². The van der Waals surface area contributed by atoms with Gasteiger partial charge in [0.1, 0.15) is 6.29 Å². The van der Waals surface area contributed by atoms with Crippen molar-refractivity contribution in [1.29, 1.82) is 0 Å². The minimum atomic E-state index is -3.15. The lowest BCUT2D eigenvalue weighted by atomic mass is 9.75. The lowest BCUT2D eigenvalue weighted by molar-refractivity contribution is 0.00578. The Balaban J connectivity index is 2.40. The zero-order valence-corrected chi connectivity index (χ0v) is 15.1.